The number of rotatable bonds is 3. The maximum absolute atomic E-state index is 11.9. The first-order valence-electron chi connectivity index (χ1n) is 5.89. The van der Waals surface area contributed by atoms with Gasteiger partial charge in [-0.1, -0.05) is 0 Å². The van der Waals surface area contributed by atoms with Crippen LogP contribution in [0.2, 0.25) is 0 Å². The highest BCUT2D eigenvalue weighted by Crippen LogP contribution is 2.25. The summed E-state index contributed by atoms with van der Waals surface area (Å²) in [6, 6.07) is 1.02. The van der Waals surface area contributed by atoms with Gasteiger partial charge in [0.1, 0.15) is 0 Å². The fourth-order valence-electron chi connectivity index (χ4n) is 2.07. The molecule has 1 saturated heterocycles. The first-order valence-corrected chi connectivity index (χ1v) is 5.89. The van der Waals surface area contributed by atoms with Crippen LogP contribution >= 0.6 is 0 Å². The molecule has 1 unspecified atom stereocenters. The lowest BCUT2D eigenvalue weighted by molar-refractivity contribution is -0.132. The number of hydrogen-bond donors (Lipinski definition) is 1. The zero-order chi connectivity index (χ0) is 10.8. The molecule has 86 valence electrons. The highest BCUT2D eigenvalue weighted by molar-refractivity contribution is 5.78. The summed E-state index contributed by atoms with van der Waals surface area (Å²) in [5, 5.41) is 3.34. The van der Waals surface area contributed by atoms with Crippen molar-refractivity contribution in [2.24, 2.45) is 0 Å². The molecule has 0 aromatic rings. The normalized spacial score (nSPS) is 27.7. The molecule has 0 spiro atoms. The van der Waals surface area contributed by atoms with Crippen molar-refractivity contribution in [1.82, 2.24) is 15.1 Å². The number of likely N-dealkylation sites (N-methyl/N-ethyl adjacent to an activating group) is 1. The van der Waals surface area contributed by atoms with Crippen LogP contribution in [0.1, 0.15) is 19.8 Å². The Kier molecular flexibility index (Phi) is 3.26. The summed E-state index contributed by atoms with van der Waals surface area (Å²) in [7, 11) is 1.94. The second-order valence-electron chi connectivity index (χ2n) is 4.76. The van der Waals surface area contributed by atoms with Crippen molar-refractivity contribution < 1.29 is 4.79 Å². The molecule has 0 aromatic carbocycles. The van der Waals surface area contributed by atoms with E-state index in [2.05, 4.69) is 17.1 Å². The molecule has 2 rings (SSSR count). The van der Waals surface area contributed by atoms with Gasteiger partial charge in [-0.05, 0) is 19.8 Å². The molecule has 1 aliphatic heterocycles. The molecule has 2 aliphatic rings. The van der Waals surface area contributed by atoms with Gasteiger partial charge in [-0.2, -0.15) is 0 Å². The largest absolute Gasteiger partial charge is 0.342 e. The van der Waals surface area contributed by atoms with E-state index >= 15 is 0 Å². The summed E-state index contributed by atoms with van der Waals surface area (Å²) < 4.78 is 0. The van der Waals surface area contributed by atoms with Crippen molar-refractivity contribution >= 4 is 5.91 Å². The van der Waals surface area contributed by atoms with Crippen molar-refractivity contribution in [3.8, 4) is 0 Å². The van der Waals surface area contributed by atoms with Crippen LogP contribution in [0.3, 0.4) is 0 Å². The summed E-state index contributed by atoms with van der Waals surface area (Å²) in [5.74, 6) is 0.284. The second-order valence-corrected chi connectivity index (χ2v) is 4.76. The Bertz CT molecular complexity index is 240. The van der Waals surface area contributed by atoms with E-state index in [-0.39, 0.29) is 5.91 Å². The molecule has 1 aliphatic carbocycles. The first-order chi connectivity index (χ1) is 7.18. The maximum atomic E-state index is 11.9. The summed E-state index contributed by atoms with van der Waals surface area (Å²) >= 11 is 0. The molecule has 2 fully saturated rings. The van der Waals surface area contributed by atoms with E-state index in [0.717, 1.165) is 19.6 Å². The Morgan fingerprint density at radius 3 is 2.87 bits per heavy atom. The van der Waals surface area contributed by atoms with Gasteiger partial charge in [0.2, 0.25) is 5.91 Å². The minimum absolute atomic E-state index is 0.284. The van der Waals surface area contributed by atoms with Crippen LogP contribution < -0.4 is 5.32 Å². The highest BCUT2D eigenvalue weighted by atomic mass is 16.2. The van der Waals surface area contributed by atoms with Gasteiger partial charge in [-0.3, -0.25) is 9.69 Å². The lowest BCUT2D eigenvalue weighted by Gasteiger charge is -2.34. The Labute approximate surface area is 91.6 Å². The van der Waals surface area contributed by atoms with Crippen molar-refractivity contribution in [2.75, 3.05) is 33.2 Å². The van der Waals surface area contributed by atoms with Crippen LogP contribution in [0.4, 0.5) is 0 Å². The van der Waals surface area contributed by atoms with Gasteiger partial charge < -0.3 is 10.2 Å². The number of piperazine rings is 1. The quantitative estimate of drug-likeness (QED) is 0.708. The lowest BCUT2D eigenvalue weighted by Crippen LogP contribution is -2.53. The molecule has 4 heteroatoms. The smallest absolute Gasteiger partial charge is 0.236 e. The van der Waals surface area contributed by atoms with E-state index in [1.807, 2.05) is 11.9 Å². The van der Waals surface area contributed by atoms with Crippen LogP contribution in [0.25, 0.3) is 0 Å². The van der Waals surface area contributed by atoms with E-state index in [9.17, 15) is 4.79 Å². The summed E-state index contributed by atoms with van der Waals surface area (Å²) in [5.41, 5.74) is 0. The van der Waals surface area contributed by atoms with E-state index in [1.165, 1.54) is 12.8 Å². The number of carbonyl (C=O) groups excluding carboxylic acids is 1. The number of hydrogen-bond acceptors (Lipinski definition) is 3. The van der Waals surface area contributed by atoms with Crippen LogP contribution in [-0.4, -0.2) is 61.0 Å². The average Bonchev–Trinajstić information content (AvgIpc) is 3.04. The van der Waals surface area contributed by atoms with E-state index in [0.29, 0.717) is 18.6 Å². The Morgan fingerprint density at radius 2 is 2.27 bits per heavy atom. The average molecular weight is 211 g/mol. The first kappa shape index (κ1) is 10.9. The third-order valence-corrected chi connectivity index (χ3v) is 3.47. The zero-order valence-electron chi connectivity index (χ0n) is 9.70. The highest BCUT2D eigenvalue weighted by Gasteiger charge is 2.31. The van der Waals surface area contributed by atoms with Crippen molar-refractivity contribution in [2.45, 2.75) is 31.8 Å². The van der Waals surface area contributed by atoms with Gasteiger partial charge in [-0.15, -0.1) is 0 Å². The van der Waals surface area contributed by atoms with Crippen LogP contribution in [0, 0.1) is 0 Å². The SMILES string of the molecule is CC1CNCCN1CC(=O)N(C)C1CC1. The van der Waals surface area contributed by atoms with Gasteiger partial charge in [0.05, 0.1) is 6.54 Å². The van der Waals surface area contributed by atoms with Gasteiger partial charge in [0.15, 0.2) is 0 Å². The molecule has 0 radical (unpaired) electrons. The summed E-state index contributed by atoms with van der Waals surface area (Å²) in [6.45, 7) is 5.77. The van der Waals surface area contributed by atoms with Gasteiger partial charge in [0, 0.05) is 38.8 Å². The topological polar surface area (TPSA) is 35.6 Å². The monoisotopic (exact) mass is 211 g/mol. The van der Waals surface area contributed by atoms with Crippen molar-refractivity contribution in [3.05, 3.63) is 0 Å². The zero-order valence-corrected chi connectivity index (χ0v) is 9.70. The summed E-state index contributed by atoms with van der Waals surface area (Å²) in [4.78, 5) is 16.1. The Morgan fingerprint density at radius 1 is 1.53 bits per heavy atom. The summed E-state index contributed by atoms with van der Waals surface area (Å²) in [6.07, 6.45) is 2.39. The molecule has 1 amide bonds. The minimum atomic E-state index is 0.284. The maximum Gasteiger partial charge on any atom is 0.236 e. The number of amides is 1. The standard InChI is InChI=1S/C11H21N3O/c1-9-7-12-5-6-14(9)8-11(15)13(2)10-3-4-10/h9-10,12H,3-8H2,1-2H3. The van der Waals surface area contributed by atoms with E-state index < -0.39 is 0 Å². The lowest BCUT2D eigenvalue weighted by atomic mass is 10.2. The fraction of sp³-hybridized carbons (Fsp3) is 0.909. The van der Waals surface area contributed by atoms with Crippen molar-refractivity contribution in [1.29, 1.82) is 0 Å². The number of nitrogens with one attached hydrogen (secondary N) is 1. The second kappa shape index (κ2) is 4.49. The van der Waals surface area contributed by atoms with Crippen molar-refractivity contribution in [3.63, 3.8) is 0 Å². The third-order valence-electron chi connectivity index (χ3n) is 3.47. The fourth-order valence-corrected chi connectivity index (χ4v) is 2.07. The Balaban J connectivity index is 1.81. The van der Waals surface area contributed by atoms with Gasteiger partial charge >= 0.3 is 0 Å². The molecule has 1 atom stereocenters. The molecule has 0 bridgehead atoms. The molecule has 1 N–H and O–H groups in total. The molecule has 0 aromatic heterocycles. The van der Waals surface area contributed by atoms with Gasteiger partial charge in [-0.25, -0.2) is 0 Å². The molecule has 4 nitrogen and oxygen atoms in total. The van der Waals surface area contributed by atoms with Gasteiger partial charge in [0.25, 0.3) is 0 Å². The predicted octanol–water partition coefficient (Wildman–Crippen LogP) is -0.0991. The third kappa shape index (κ3) is 2.69. The minimum Gasteiger partial charge on any atom is -0.342 e. The molecular formula is C11H21N3O. The number of nitrogens with zero attached hydrogens (tertiary/aromatic N) is 2. The number of carbonyl (C=O) groups is 1. The van der Waals surface area contributed by atoms with Crippen LogP contribution in [-0.2, 0) is 4.79 Å². The molecule has 1 saturated carbocycles. The molecule has 15 heavy (non-hydrogen) atoms. The van der Waals surface area contributed by atoms with Crippen LogP contribution in [0.5, 0.6) is 0 Å². The van der Waals surface area contributed by atoms with E-state index in [1.54, 1.807) is 0 Å². The van der Waals surface area contributed by atoms with E-state index in [4.69, 9.17) is 0 Å². The van der Waals surface area contributed by atoms with Crippen LogP contribution in [0.15, 0.2) is 0 Å². The Hall–Kier alpha value is -0.610. The molecule has 1 heterocycles. The predicted molar refractivity (Wildman–Crippen MR) is 59.7 cm³/mol. The molecular weight excluding hydrogens is 190 g/mol.